The molecule has 1 aromatic rings. The van der Waals surface area contributed by atoms with Gasteiger partial charge in [-0.05, 0) is 37.6 Å². The Kier molecular flexibility index (Phi) is 4.31. The molecule has 1 heterocycles. The highest BCUT2D eigenvalue weighted by atomic mass is 35.5. The summed E-state index contributed by atoms with van der Waals surface area (Å²) in [5.41, 5.74) is 0.254. The summed E-state index contributed by atoms with van der Waals surface area (Å²) in [5, 5.41) is 4.33. The van der Waals surface area contributed by atoms with Gasteiger partial charge in [-0.25, -0.2) is 0 Å². The van der Waals surface area contributed by atoms with Crippen molar-refractivity contribution < 1.29 is 4.79 Å². The van der Waals surface area contributed by atoms with Crippen molar-refractivity contribution in [3.63, 3.8) is 0 Å². The SMILES string of the molecule is CCCC1(C(=O)c2cc(Cl)ccc2Cl)CCNC1. The molecule has 1 N–H and O–H groups in total. The minimum atomic E-state index is -0.303. The molecule has 0 aromatic heterocycles. The van der Waals surface area contributed by atoms with E-state index in [1.807, 2.05) is 0 Å². The van der Waals surface area contributed by atoms with Crippen LogP contribution in [0.2, 0.25) is 10.0 Å². The molecule has 1 fully saturated rings. The average Bonchev–Trinajstić information content (AvgIpc) is 2.82. The zero-order valence-corrected chi connectivity index (χ0v) is 11.9. The Hall–Kier alpha value is -0.570. The number of benzene rings is 1. The predicted octanol–water partition coefficient (Wildman–Crippen LogP) is 3.96. The van der Waals surface area contributed by atoms with Crippen LogP contribution < -0.4 is 5.32 Å². The molecule has 1 atom stereocenters. The molecule has 18 heavy (non-hydrogen) atoms. The van der Waals surface area contributed by atoms with Gasteiger partial charge in [0, 0.05) is 22.5 Å². The fraction of sp³-hybridized carbons (Fsp3) is 0.500. The molecule has 0 amide bonds. The molecule has 4 heteroatoms. The zero-order chi connectivity index (χ0) is 13.2. The minimum absolute atomic E-state index is 0.127. The van der Waals surface area contributed by atoms with Crippen molar-refractivity contribution in [2.45, 2.75) is 26.2 Å². The second kappa shape index (κ2) is 5.60. The van der Waals surface area contributed by atoms with Crippen LogP contribution in [-0.2, 0) is 0 Å². The molecule has 1 unspecified atom stereocenters. The smallest absolute Gasteiger partial charge is 0.171 e. The molecule has 0 bridgehead atoms. The van der Waals surface area contributed by atoms with Crippen molar-refractivity contribution >= 4 is 29.0 Å². The van der Waals surface area contributed by atoms with Gasteiger partial charge >= 0.3 is 0 Å². The first-order valence-electron chi connectivity index (χ1n) is 6.29. The second-order valence-corrected chi connectivity index (χ2v) is 5.75. The summed E-state index contributed by atoms with van der Waals surface area (Å²) in [7, 11) is 0. The lowest BCUT2D eigenvalue weighted by Crippen LogP contribution is -2.33. The van der Waals surface area contributed by atoms with Crippen molar-refractivity contribution in [3.8, 4) is 0 Å². The third kappa shape index (κ3) is 2.56. The Morgan fingerprint density at radius 2 is 2.22 bits per heavy atom. The van der Waals surface area contributed by atoms with E-state index in [1.165, 1.54) is 0 Å². The maximum atomic E-state index is 12.7. The second-order valence-electron chi connectivity index (χ2n) is 4.91. The van der Waals surface area contributed by atoms with Gasteiger partial charge in [-0.2, -0.15) is 0 Å². The number of ketones is 1. The molecule has 1 aliphatic heterocycles. The molecule has 1 aliphatic rings. The topological polar surface area (TPSA) is 29.1 Å². The van der Waals surface area contributed by atoms with Gasteiger partial charge in [0.25, 0.3) is 0 Å². The largest absolute Gasteiger partial charge is 0.316 e. The summed E-state index contributed by atoms with van der Waals surface area (Å²) in [6.45, 7) is 3.74. The van der Waals surface area contributed by atoms with Crippen LogP contribution >= 0.6 is 23.2 Å². The fourth-order valence-electron chi connectivity index (χ4n) is 2.70. The summed E-state index contributed by atoms with van der Waals surface area (Å²) in [5.74, 6) is 0.127. The lowest BCUT2D eigenvalue weighted by Gasteiger charge is -2.26. The van der Waals surface area contributed by atoms with Gasteiger partial charge in [0.15, 0.2) is 5.78 Å². The molecule has 0 aliphatic carbocycles. The van der Waals surface area contributed by atoms with E-state index in [9.17, 15) is 4.79 Å². The normalized spacial score (nSPS) is 23.3. The number of nitrogens with one attached hydrogen (secondary N) is 1. The standard InChI is InChI=1S/C14H17Cl2NO/c1-2-5-14(6-7-17-9-14)13(18)11-8-10(15)3-4-12(11)16/h3-4,8,17H,2,5-7,9H2,1H3. The van der Waals surface area contributed by atoms with Crippen LogP contribution in [0, 0.1) is 5.41 Å². The van der Waals surface area contributed by atoms with E-state index in [2.05, 4.69) is 12.2 Å². The van der Waals surface area contributed by atoms with Gasteiger partial charge in [0.2, 0.25) is 0 Å². The predicted molar refractivity (Wildman–Crippen MR) is 75.6 cm³/mol. The molecule has 0 radical (unpaired) electrons. The van der Waals surface area contributed by atoms with E-state index in [1.54, 1.807) is 18.2 Å². The van der Waals surface area contributed by atoms with E-state index >= 15 is 0 Å². The van der Waals surface area contributed by atoms with Gasteiger partial charge in [0.05, 0.1) is 5.02 Å². The van der Waals surface area contributed by atoms with Gasteiger partial charge in [-0.15, -0.1) is 0 Å². The zero-order valence-electron chi connectivity index (χ0n) is 10.4. The third-order valence-corrected chi connectivity index (χ3v) is 4.19. The maximum Gasteiger partial charge on any atom is 0.171 e. The lowest BCUT2D eigenvalue weighted by atomic mass is 9.76. The molecule has 2 nitrogen and oxygen atoms in total. The van der Waals surface area contributed by atoms with Gasteiger partial charge < -0.3 is 5.32 Å². The number of hydrogen-bond donors (Lipinski definition) is 1. The van der Waals surface area contributed by atoms with Crippen LogP contribution in [0.5, 0.6) is 0 Å². The van der Waals surface area contributed by atoms with Crippen LogP contribution in [0.25, 0.3) is 0 Å². The monoisotopic (exact) mass is 285 g/mol. The highest BCUT2D eigenvalue weighted by molar-refractivity contribution is 6.36. The highest BCUT2D eigenvalue weighted by Gasteiger charge is 2.41. The molecule has 1 aromatic carbocycles. The van der Waals surface area contributed by atoms with Crippen LogP contribution in [0.3, 0.4) is 0 Å². The van der Waals surface area contributed by atoms with E-state index in [0.29, 0.717) is 15.6 Å². The first-order valence-corrected chi connectivity index (χ1v) is 7.05. The van der Waals surface area contributed by atoms with Gasteiger partial charge in [0.1, 0.15) is 0 Å². The van der Waals surface area contributed by atoms with Crippen LogP contribution in [0.4, 0.5) is 0 Å². The summed E-state index contributed by atoms with van der Waals surface area (Å²) < 4.78 is 0. The molecule has 2 rings (SSSR count). The first-order chi connectivity index (χ1) is 8.59. The lowest BCUT2D eigenvalue weighted by molar-refractivity contribution is 0.0802. The van der Waals surface area contributed by atoms with Crippen molar-refractivity contribution in [1.82, 2.24) is 5.32 Å². The Morgan fingerprint density at radius 1 is 1.44 bits per heavy atom. The van der Waals surface area contributed by atoms with E-state index in [4.69, 9.17) is 23.2 Å². The quantitative estimate of drug-likeness (QED) is 0.849. The van der Waals surface area contributed by atoms with Crippen LogP contribution in [-0.4, -0.2) is 18.9 Å². The Bertz CT molecular complexity index is 453. The Morgan fingerprint density at radius 3 is 2.83 bits per heavy atom. The molecular weight excluding hydrogens is 269 g/mol. The number of carbonyl (C=O) groups excluding carboxylic acids is 1. The number of hydrogen-bond acceptors (Lipinski definition) is 2. The Balaban J connectivity index is 2.36. The molecule has 0 saturated carbocycles. The summed E-state index contributed by atoms with van der Waals surface area (Å²) in [4.78, 5) is 12.7. The fourth-order valence-corrected chi connectivity index (χ4v) is 3.08. The Labute approximate surface area is 118 Å². The van der Waals surface area contributed by atoms with Crippen molar-refractivity contribution in [2.24, 2.45) is 5.41 Å². The van der Waals surface area contributed by atoms with Gasteiger partial charge in [-0.3, -0.25) is 4.79 Å². The minimum Gasteiger partial charge on any atom is -0.316 e. The molecule has 0 spiro atoms. The van der Waals surface area contributed by atoms with E-state index < -0.39 is 0 Å². The van der Waals surface area contributed by atoms with Gasteiger partial charge in [-0.1, -0.05) is 36.5 Å². The first kappa shape index (κ1) is 13.9. The molecule has 98 valence electrons. The summed E-state index contributed by atoms with van der Waals surface area (Å²) in [6.07, 6.45) is 2.76. The number of Topliss-reactive ketones (excluding diaryl/α,β-unsaturated/α-hetero) is 1. The van der Waals surface area contributed by atoms with Crippen LogP contribution in [0.15, 0.2) is 18.2 Å². The van der Waals surface area contributed by atoms with Crippen molar-refractivity contribution in [1.29, 1.82) is 0 Å². The molecule has 1 saturated heterocycles. The summed E-state index contributed by atoms with van der Waals surface area (Å²) in [6, 6.07) is 5.08. The van der Waals surface area contributed by atoms with Crippen LogP contribution in [0.1, 0.15) is 36.5 Å². The van der Waals surface area contributed by atoms with E-state index in [0.717, 1.165) is 32.4 Å². The average molecular weight is 286 g/mol. The highest BCUT2D eigenvalue weighted by Crippen LogP contribution is 2.37. The number of carbonyl (C=O) groups is 1. The number of rotatable bonds is 4. The number of halogens is 2. The van der Waals surface area contributed by atoms with Crippen molar-refractivity contribution in [3.05, 3.63) is 33.8 Å². The third-order valence-electron chi connectivity index (χ3n) is 3.63. The maximum absolute atomic E-state index is 12.7. The van der Waals surface area contributed by atoms with E-state index in [-0.39, 0.29) is 11.2 Å². The van der Waals surface area contributed by atoms with Crippen molar-refractivity contribution in [2.75, 3.05) is 13.1 Å². The molecular formula is C14H17Cl2NO. The summed E-state index contributed by atoms with van der Waals surface area (Å²) >= 11 is 12.1.